The van der Waals surface area contributed by atoms with E-state index in [1.165, 1.54) is 6.20 Å². The van der Waals surface area contributed by atoms with Gasteiger partial charge in [0.2, 0.25) is 0 Å². The standard InChI is InChI=1S/C24H28FN5O2/c25-20-12-17(16-2-3-16)4-5-18(20)13-27-23(32)30(19-6-7-19)15-24(30)9-1-11-29(14-24)21-8-10-26-22(31)28-21/h4-5,8,10,12,16,19H,1-3,6-7,9,11,13-15H2,(H-,26,27,28,31,32)/p+1. The molecular formula is C24H29FN5O2+. The van der Waals surface area contributed by atoms with E-state index in [-0.39, 0.29) is 29.6 Å². The first-order valence-corrected chi connectivity index (χ1v) is 11.8. The van der Waals surface area contributed by atoms with Crippen molar-refractivity contribution in [2.24, 2.45) is 0 Å². The molecule has 1 aromatic heterocycles. The highest BCUT2D eigenvalue weighted by atomic mass is 19.1. The summed E-state index contributed by atoms with van der Waals surface area (Å²) in [6.45, 7) is 2.63. The Morgan fingerprint density at radius 2 is 2.12 bits per heavy atom. The lowest BCUT2D eigenvalue weighted by molar-refractivity contribution is -0.758. The topological polar surface area (TPSA) is 78.1 Å². The van der Waals surface area contributed by atoms with Crippen LogP contribution in [-0.4, -0.2) is 51.7 Å². The molecule has 2 amide bonds. The Hall–Kier alpha value is -2.74. The summed E-state index contributed by atoms with van der Waals surface area (Å²) in [7, 11) is 0. The maximum absolute atomic E-state index is 14.6. The third-order valence-electron chi connectivity index (χ3n) is 7.93. The lowest BCUT2D eigenvalue weighted by Gasteiger charge is -2.35. The number of rotatable bonds is 5. The largest absolute Gasteiger partial charge is 0.417 e. The summed E-state index contributed by atoms with van der Waals surface area (Å²) in [5.74, 6) is 1.06. The average Bonchev–Trinajstić information content (AvgIpc) is 3.66. The lowest BCUT2D eigenvalue weighted by atomic mass is 9.97. The van der Waals surface area contributed by atoms with Crippen LogP contribution >= 0.6 is 0 Å². The van der Waals surface area contributed by atoms with Crippen LogP contribution in [-0.2, 0) is 6.54 Å². The van der Waals surface area contributed by atoms with Gasteiger partial charge in [-0.05, 0) is 42.9 Å². The summed E-state index contributed by atoms with van der Waals surface area (Å²) < 4.78 is 15.1. The van der Waals surface area contributed by atoms with Crippen LogP contribution in [0.2, 0.25) is 0 Å². The molecule has 2 aliphatic heterocycles. The molecule has 32 heavy (non-hydrogen) atoms. The summed E-state index contributed by atoms with van der Waals surface area (Å²) in [6.07, 6.45) is 7.90. The molecule has 1 spiro atoms. The van der Waals surface area contributed by atoms with Gasteiger partial charge < -0.3 is 10.2 Å². The highest BCUT2D eigenvalue weighted by Crippen LogP contribution is 2.57. The lowest BCUT2D eigenvalue weighted by Crippen LogP contribution is -2.54. The summed E-state index contributed by atoms with van der Waals surface area (Å²) in [6, 6.07) is 7.66. The van der Waals surface area contributed by atoms with Crippen LogP contribution in [0.25, 0.3) is 0 Å². The van der Waals surface area contributed by atoms with Gasteiger partial charge in [-0.15, -0.1) is 0 Å². The Bertz CT molecular complexity index is 1130. The Kier molecular flexibility index (Phi) is 4.44. The van der Waals surface area contributed by atoms with Crippen molar-refractivity contribution in [3.8, 4) is 0 Å². The minimum atomic E-state index is -0.353. The third-order valence-corrected chi connectivity index (χ3v) is 7.93. The van der Waals surface area contributed by atoms with E-state index in [4.69, 9.17) is 0 Å². The number of nitrogens with zero attached hydrogens (tertiary/aromatic N) is 3. The fraction of sp³-hybridized carbons (Fsp3) is 0.542. The van der Waals surface area contributed by atoms with Gasteiger partial charge in [-0.2, -0.15) is 0 Å². The van der Waals surface area contributed by atoms with Crippen molar-refractivity contribution in [1.82, 2.24) is 15.3 Å². The number of carbonyl (C=O) groups is 1. The predicted molar refractivity (Wildman–Crippen MR) is 118 cm³/mol. The second kappa shape index (κ2) is 7.13. The normalized spacial score (nSPS) is 29.2. The quantitative estimate of drug-likeness (QED) is 0.556. The Morgan fingerprint density at radius 1 is 1.28 bits per heavy atom. The number of hydrogen-bond acceptors (Lipinski definition) is 4. The second-order valence-corrected chi connectivity index (χ2v) is 10.1. The molecule has 0 radical (unpaired) electrons. The molecule has 2 aromatic rings. The highest BCUT2D eigenvalue weighted by molar-refractivity contribution is 5.70. The van der Waals surface area contributed by atoms with Crippen LogP contribution in [0.3, 0.4) is 0 Å². The molecule has 2 atom stereocenters. The number of aromatic nitrogens is 2. The third kappa shape index (κ3) is 3.23. The second-order valence-electron chi connectivity index (χ2n) is 10.1. The number of benzene rings is 1. The van der Waals surface area contributed by atoms with Crippen LogP contribution in [0, 0.1) is 5.82 Å². The van der Waals surface area contributed by atoms with Crippen LogP contribution in [0.1, 0.15) is 55.6 Å². The van der Waals surface area contributed by atoms with E-state index >= 15 is 0 Å². The molecule has 8 heteroatoms. The van der Waals surface area contributed by atoms with E-state index in [2.05, 4.69) is 20.2 Å². The van der Waals surface area contributed by atoms with Crippen molar-refractivity contribution >= 4 is 11.8 Å². The van der Waals surface area contributed by atoms with Crippen molar-refractivity contribution in [3.05, 3.63) is 57.9 Å². The van der Waals surface area contributed by atoms with Gasteiger partial charge in [0.15, 0.2) is 5.54 Å². The monoisotopic (exact) mass is 438 g/mol. The fourth-order valence-corrected chi connectivity index (χ4v) is 5.92. The molecule has 2 N–H and O–H groups in total. The van der Waals surface area contributed by atoms with Gasteiger partial charge >= 0.3 is 11.7 Å². The SMILES string of the molecule is O=C(NCc1ccc(C2CC2)cc1F)[N+]1(C2CC2)CC12CCCN(c1ccnc(=O)[nH]1)C2. The maximum atomic E-state index is 14.6. The number of nitrogens with one attached hydrogen (secondary N) is 2. The van der Waals surface area contributed by atoms with Crippen LogP contribution < -0.4 is 15.9 Å². The summed E-state index contributed by atoms with van der Waals surface area (Å²) in [5, 5.41) is 3.07. The molecule has 2 saturated heterocycles. The molecule has 2 unspecified atom stereocenters. The van der Waals surface area contributed by atoms with E-state index in [0.717, 1.165) is 69.5 Å². The summed E-state index contributed by atoms with van der Waals surface area (Å²) >= 11 is 0. The fourth-order valence-electron chi connectivity index (χ4n) is 5.92. The van der Waals surface area contributed by atoms with E-state index in [9.17, 15) is 14.0 Å². The molecule has 2 saturated carbocycles. The average molecular weight is 439 g/mol. The van der Waals surface area contributed by atoms with Crippen LogP contribution in [0.5, 0.6) is 0 Å². The zero-order chi connectivity index (χ0) is 21.9. The van der Waals surface area contributed by atoms with Gasteiger partial charge in [-0.1, -0.05) is 12.1 Å². The number of quaternary nitrogens is 1. The number of anilines is 1. The molecule has 3 heterocycles. The summed E-state index contributed by atoms with van der Waals surface area (Å²) in [5.41, 5.74) is 1.14. The van der Waals surface area contributed by atoms with Crippen molar-refractivity contribution in [3.63, 3.8) is 0 Å². The van der Waals surface area contributed by atoms with E-state index in [1.807, 2.05) is 18.2 Å². The zero-order valence-corrected chi connectivity index (χ0v) is 18.1. The van der Waals surface area contributed by atoms with E-state index in [0.29, 0.717) is 22.0 Å². The van der Waals surface area contributed by atoms with Crippen LogP contribution in [0.15, 0.2) is 35.3 Å². The minimum Gasteiger partial charge on any atom is -0.351 e. The van der Waals surface area contributed by atoms with Crippen molar-refractivity contribution in [2.45, 2.75) is 62.6 Å². The molecule has 2 aliphatic carbocycles. The van der Waals surface area contributed by atoms with Gasteiger partial charge in [0.1, 0.15) is 18.2 Å². The molecule has 4 aliphatic rings. The molecule has 4 fully saturated rings. The van der Waals surface area contributed by atoms with Crippen molar-refractivity contribution in [2.75, 3.05) is 24.5 Å². The van der Waals surface area contributed by atoms with Crippen molar-refractivity contribution in [1.29, 1.82) is 0 Å². The predicted octanol–water partition coefficient (Wildman–Crippen LogP) is 3.03. The van der Waals surface area contributed by atoms with Gasteiger partial charge in [0, 0.05) is 37.6 Å². The number of piperidine rings is 1. The van der Waals surface area contributed by atoms with E-state index < -0.39 is 0 Å². The molecule has 0 bridgehead atoms. The Balaban J connectivity index is 1.18. The number of urea groups is 1. The molecule has 1 aromatic carbocycles. The van der Waals surface area contributed by atoms with Crippen molar-refractivity contribution < 1.29 is 13.7 Å². The number of halogens is 1. The van der Waals surface area contributed by atoms with Gasteiger partial charge in [-0.3, -0.25) is 4.98 Å². The van der Waals surface area contributed by atoms with Gasteiger partial charge in [-0.25, -0.2) is 23.4 Å². The van der Waals surface area contributed by atoms with Gasteiger partial charge in [0.05, 0.1) is 19.1 Å². The molecular weight excluding hydrogens is 409 g/mol. The van der Waals surface area contributed by atoms with Gasteiger partial charge in [0.25, 0.3) is 0 Å². The number of aromatic amines is 1. The maximum Gasteiger partial charge on any atom is 0.417 e. The first kappa shape index (κ1) is 19.9. The number of amides is 2. The first-order chi connectivity index (χ1) is 15.5. The van der Waals surface area contributed by atoms with E-state index in [1.54, 1.807) is 6.07 Å². The minimum absolute atomic E-state index is 0.0169. The smallest absolute Gasteiger partial charge is 0.351 e. The molecule has 7 nitrogen and oxygen atoms in total. The molecule has 6 rings (SSSR count). The Morgan fingerprint density at radius 3 is 2.84 bits per heavy atom. The van der Waals surface area contributed by atoms with Crippen LogP contribution in [0.4, 0.5) is 15.0 Å². The first-order valence-electron chi connectivity index (χ1n) is 11.8. The Labute approximate surface area is 186 Å². The number of H-pyrrole nitrogens is 1. The zero-order valence-electron chi connectivity index (χ0n) is 18.1. The highest BCUT2D eigenvalue weighted by Gasteiger charge is 2.79. The number of hydrogen-bond donors (Lipinski definition) is 2. The number of carbonyl (C=O) groups excluding carboxylic acids is 1. The summed E-state index contributed by atoms with van der Waals surface area (Å²) in [4.78, 5) is 33.9. The molecule has 168 valence electrons.